The van der Waals surface area contributed by atoms with Gasteiger partial charge in [-0.2, -0.15) is 0 Å². The molecular formula is C12H5Cl5FNO. The maximum Gasteiger partial charge on any atom is 0.149 e. The zero-order valence-electron chi connectivity index (χ0n) is 9.52. The fourth-order valence-corrected chi connectivity index (χ4v) is 2.88. The van der Waals surface area contributed by atoms with E-state index in [-0.39, 0.29) is 48.7 Å². The van der Waals surface area contributed by atoms with Gasteiger partial charge in [-0.3, -0.25) is 0 Å². The van der Waals surface area contributed by atoms with Gasteiger partial charge in [0.15, 0.2) is 0 Å². The minimum Gasteiger partial charge on any atom is -0.390 e. The third-order valence-electron chi connectivity index (χ3n) is 2.51. The van der Waals surface area contributed by atoms with E-state index in [0.717, 1.165) is 6.07 Å². The number of aliphatic hydroxyl groups excluding tert-OH is 1. The average Bonchev–Trinajstić information content (AvgIpc) is 2.45. The fourth-order valence-electron chi connectivity index (χ4n) is 1.56. The third kappa shape index (κ3) is 2.71. The van der Waals surface area contributed by atoms with Gasteiger partial charge in [0.05, 0.1) is 37.4 Å². The van der Waals surface area contributed by atoms with Crippen molar-refractivity contribution >= 4 is 58.0 Å². The lowest BCUT2D eigenvalue weighted by molar-refractivity contribution is 0.276. The van der Waals surface area contributed by atoms with Crippen LogP contribution in [0.15, 0.2) is 12.1 Å². The van der Waals surface area contributed by atoms with E-state index in [2.05, 4.69) is 4.98 Å². The van der Waals surface area contributed by atoms with Crippen LogP contribution in [-0.4, -0.2) is 10.1 Å². The minimum atomic E-state index is -0.680. The number of aliphatic hydroxyl groups is 1. The molecule has 8 heteroatoms. The largest absolute Gasteiger partial charge is 0.390 e. The predicted octanol–water partition coefficient (Wildman–Crippen LogP) is 5.65. The Balaban J connectivity index is 2.83. The number of aromatic nitrogens is 1. The van der Waals surface area contributed by atoms with Gasteiger partial charge >= 0.3 is 0 Å². The molecule has 0 saturated heterocycles. The maximum absolute atomic E-state index is 13.9. The van der Waals surface area contributed by atoms with Crippen molar-refractivity contribution in [3.8, 4) is 11.3 Å². The third-order valence-corrected chi connectivity index (χ3v) is 4.79. The molecule has 2 aromatic rings. The zero-order valence-corrected chi connectivity index (χ0v) is 13.3. The number of rotatable bonds is 2. The van der Waals surface area contributed by atoms with E-state index in [1.165, 1.54) is 6.07 Å². The van der Waals surface area contributed by atoms with Crippen LogP contribution in [-0.2, 0) is 6.61 Å². The molecule has 1 aromatic heterocycles. The van der Waals surface area contributed by atoms with Crippen molar-refractivity contribution in [1.82, 2.24) is 4.98 Å². The lowest BCUT2D eigenvalue weighted by Crippen LogP contribution is -1.97. The lowest BCUT2D eigenvalue weighted by Gasteiger charge is -2.13. The van der Waals surface area contributed by atoms with Crippen LogP contribution in [0.25, 0.3) is 11.3 Å². The fraction of sp³-hybridized carbons (Fsp3) is 0.0833. The number of halogens is 6. The monoisotopic (exact) mass is 373 g/mol. The molecule has 1 N–H and O–H groups in total. The molecule has 106 valence electrons. The summed E-state index contributed by atoms with van der Waals surface area (Å²) in [4.78, 5) is 3.94. The molecule has 0 aliphatic carbocycles. The Morgan fingerprint density at radius 2 is 1.40 bits per heavy atom. The van der Waals surface area contributed by atoms with E-state index < -0.39 is 5.82 Å². The average molecular weight is 375 g/mol. The molecule has 1 aromatic carbocycles. The van der Waals surface area contributed by atoms with Crippen LogP contribution < -0.4 is 0 Å². The summed E-state index contributed by atoms with van der Waals surface area (Å²) >= 11 is 29.8. The van der Waals surface area contributed by atoms with Gasteiger partial charge in [-0.05, 0) is 12.1 Å². The van der Waals surface area contributed by atoms with Crippen LogP contribution in [0.1, 0.15) is 5.69 Å². The zero-order chi connectivity index (χ0) is 15.0. The number of benzene rings is 1. The van der Waals surface area contributed by atoms with E-state index in [1.807, 2.05) is 0 Å². The van der Waals surface area contributed by atoms with Gasteiger partial charge in [0.1, 0.15) is 11.5 Å². The molecular weight excluding hydrogens is 370 g/mol. The van der Waals surface area contributed by atoms with E-state index in [1.54, 1.807) is 0 Å². The molecule has 2 nitrogen and oxygen atoms in total. The van der Waals surface area contributed by atoms with E-state index in [9.17, 15) is 4.39 Å². The standard InChI is InChI=1S/C12H5Cl5FNO/c13-7-6(8(14)10(16)11(17)9(7)15)12-5(18)2-1-4(3-20)19-12/h1-2,20H,3H2. The number of hydrogen-bond donors (Lipinski definition) is 1. The molecule has 0 aliphatic heterocycles. The molecule has 20 heavy (non-hydrogen) atoms. The maximum atomic E-state index is 13.9. The summed E-state index contributed by atoms with van der Waals surface area (Å²) in [5, 5.41) is 8.82. The highest BCUT2D eigenvalue weighted by Crippen LogP contribution is 2.48. The van der Waals surface area contributed by atoms with Gasteiger partial charge in [0.2, 0.25) is 0 Å². The van der Waals surface area contributed by atoms with Crippen molar-refractivity contribution < 1.29 is 9.50 Å². The van der Waals surface area contributed by atoms with Gasteiger partial charge in [-0.1, -0.05) is 58.0 Å². The minimum absolute atomic E-state index is 0.0224. The van der Waals surface area contributed by atoms with Gasteiger partial charge in [0, 0.05) is 5.56 Å². The van der Waals surface area contributed by atoms with Crippen LogP contribution in [0.2, 0.25) is 25.1 Å². The molecule has 2 rings (SSSR count). The highest BCUT2D eigenvalue weighted by Gasteiger charge is 2.23. The summed E-state index contributed by atoms with van der Waals surface area (Å²) in [7, 11) is 0. The SMILES string of the molecule is OCc1ccc(F)c(-c2c(Cl)c(Cl)c(Cl)c(Cl)c2Cl)n1. The molecule has 0 unspecified atom stereocenters. The normalized spacial score (nSPS) is 10.9. The van der Waals surface area contributed by atoms with Crippen molar-refractivity contribution in [2.45, 2.75) is 6.61 Å². The lowest BCUT2D eigenvalue weighted by atomic mass is 10.1. The van der Waals surface area contributed by atoms with Crippen molar-refractivity contribution in [1.29, 1.82) is 0 Å². The predicted molar refractivity (Wildman–Crippen MR) is 80.6 cm³/mol. The van der Waals surface area contributed by atoms with Gasteiger partial charge in [-0.25, -0.2) is 9.37 Å². The Morgan fingerprint density at radius 3 is 1.90 bits per heavy atom. The molecule has 0 spiro atoms. The second-order valence-corrected chi connectivity index (χ2v) is 5.63. The van der Waals surface area contributed by atoms with E-state index in [4.69, 9.17) is 63.1 Å². The molecule has 0 atom stereocenters. The van der Waals surface area contributed by atoms with Gasteiger partial charge in [0.25, 0.3) is 0 Å². The van der Waals surface area contributed by atoms with Crippen LogP contribution in [0.3, 0.4) is 0 Å². The topological polar surface area (TPSA) is 33.1 Å². The summed E-state index contributed by atoms with van der Waals surface area (Å²) in [5.74, 6) is -0.680. The van der Waals surface area contributed by atoms with E-state index in [0.29, 0.717) is 0 Å². The molecule has 0 saturated carbocycles. The van der Waals surface area contributed by atoms with Crippen molar-refractivity contribution in [3.63, 3.8) is 0 Å². The summed E-state index contributed by atoms with van der Waals surface area (Å²) in [5.41, 5.74) is 0.114. The van der Waals surface area contributed by atoms with Crippen molar-refractivity contribution in [2.75, 3.05) is 0 Å². The molecule has 0 amide bonds. The number of pyridine rings is 1. The summed E-state index contributed by atoms with van der Waals surface area (Å²) in [6.45, 7) is -0.364. The first-order chi connectivity index (χ1) is 9.38. The van der Waals surface area contributed by atoms with E-state index >= 15 is 0 Å². The summed E-state index contributed by atoms with van der Waals surface area (Å²) in [6.07, 6.45) is 0. The Morgan fingerprint density at radius 1 is 0.900 bits per heavy atom. The number of nitrogens with zero attached hydrogens (tertiary/aromatic N) is 1. The smallest absolute Gasteiger partial charge is 0.149 e. The Kier molecular flexibility index (Phi) is 5.00. The molecule has 0 bridgehead atoms. The highest BCUT2D eigenvalue weighted by molar-refractivity contribution is 6.56. The molecule has 0 aliphatic rings. The van der Waals surface area contributed by atoms with Crippen LogP contribution in [0, 0.1) is 5.82 Å². The Bertz CT molecular complexity index is 663. The first-order valence-electron chi connectivity index (χ1n) is 5.16. The Labute approximate surface area is 139 Å². The van der Waals surface area contributed by atoms with Crippen molar-refractivity contribution in [3.05, 3.63) is 48.8 Å². The Hall–Kier alpha value is -0.290. The summed E-state index contributed by atoms with van der Waals surface area (Å²) in [6, 6.07) is 2.47. The second kappa shape index (κ2) is 6.22. The van der Waals surface area contributed by atoms with Crippen LogP contribution >= 0.6 is 58.0 Å². The number of hydrogen-bond acceptors (Lipinski definition) is 2. The van der Waals surface area contributed by atoms with Crippen LogP contribution in [0.4, 0.5) is 4.39 Å². The first-order valence-corrected chi connectivity index (χ1v) is 7.05. The quantitative estimate of drug-likeness (QED) is 0.544. The first kappa shape index (κ1) is 16.1. The van der Waals surface area contributed by atoms with Gasteiger partial charge < -0.3 is 5.11 Å². The highest BCUT2D eigenvalue weighted by atomic mass is 35.5. The molecule has 0 radical (unpaired) electrons. The van der Waals surface area contributed by atoms with Crippen molar-refractivity contribution in [2.24, 2.45) is 0 Å². The molecule has 1 heterocycles. The second-order valence-electron chi connectivity index (χ2n) is 3.74. The summed E-state index contributed by atoms with van der Waals surface area (Å²) < 4.78 is 13.9. The van der Waals surface area contributed by atoms with Crippen LogP contribution in [0.5, 0.6) is 0 Å². The molecule has 0 fully saturated rings. The van der Waals surface area contributed by atoms with Gasteiger partial charge in [-0.15, -0.1) is 0 Å².